The largest absolute Gasteiger partial charge is 0.388 e. The first-order chi connectivity index (χ1) is 8.29. The zero-order valence-electron chi connectivity index (χ0n) is 9.73. The van der Waals surface area contributed by atoms with E-state index in [0.717, 1.165) is 35.5 Å². The number of hydrogen-bond acceptors (Lipinski definition) is 2. The van der Waals surface area contributed by atoms with Crippen molar-refractivity contribution >= 4 is 11.5 Å². The topological polar surface area (TPSA) is 34.0 Å². The van der Waals surface area contributed by atoms with Gasteiger partial charge in [0.2, 0.25) is 5.78 Å². The van der Waals surface area contributed by atoms with E-state index in [1.807, 2.05) is 48.1 Å². The fourth-order valence-electron chi connectivity index (χ4n) is 2.36. The van der Waals surface area contributed by atoms with Crippen LogP contribution in [0.25, 0.3) is 0 Å². The Labute approximate surface area is 100 Å². The Morgan fingerprint density at radius 3 is 3.00 bits per heavy atom. The minimum atomic E-state index is 0.125. The quantitative estimate of drug-likeness (QED) is 0.809. The van der Waals surface area contributed by atoms with Gasteiger partial charge in [0.05, 0.1) is 5.69 Å². The molecule has 2 heterocycles. The van der Waals surface area contributed by atoms with Gasteiger partial charge in [0.15, 0.2) is 0 Å². The average molecular weight is 226 g/mol. The summed E-state index contributed by atoms with van der Waals surface area (Å²) >= 11 is 0. The highest BCUT2D eigenvalue weighted by atomic mass is 16.1. The highest BCUT2D eigenvalue weighted by Gasteiger charge is 2.20. The van der Waals surface area contributed by atoms with Crippen LogP contribution in [0.1, 0.15) is 21.6 Å². The monoisotopic (exact) mass is 226 g/mol. The molecule has 0 spiro atoms. The minimum absolute atomic E-state index is 0.125. The maximum absolute atomic E-state index is 12.4. The molecule has 0 aliphatic carbocycles. The van der Waals surface area contributed by atoms with Gasteiger partial charge in [-0.05, 0) is 36.2 Å². The summed E-state index contributed by atoms with van der Waals surface area (Å²) in [5, 5.41) is 3.08. The first-order valence-corrected chi connectivity index (χ1v) is 5.80. The first kappa shape index (κ1) is 10.1. The number of hydrogen-bond donors (Lipinski definition) is 1. The van der Waals surface area contributed by atoms with E-state index in [1.54, 1.807) is 0 Å². The van der Waals surface area contributed by atoms with Crippen LogP contribution in [0.2, 0.25) is 0 Å². The predicted octanol–water partition coefficient (Wildman–Crippen LogP) is 2.32. The smallest absolute Gasteiger partial charge is 0.209 e. The average Bonchev–Trinajstić information content (AvgIpc) is 2.79. The molecule has 1 N–H and O–H groups in total. The molecule has 3 rings (SSSR count). The molecule has 0 radical (unpaired) electrons. The van der Waals surface area contributed by atoms with Crippen molar-refractivity contribution in [3.8, 4) is 0 Å². The van der Waals surface area contributed by atoms with E-state index in [9.17, 15) is 4.79 Å². The maximum Gasteiger partial charge on any atom is 0.209 e. The Bertz CT molecular complexity index is 584. The number of nitrogens with one attached hydrogen (secondary N) is 1. The van der Waals surface area contributed by atoms with Crippen molar-refractivity contribution in [3.63, 3.8) is 0 Å². The molecule has 1 aliphatic rings. The highest BCUT2D eigenvalue weighted by Crippen LogP contribution is 2.23. The molecule has 17 heavy (non-hydrogen) atoms. The van der Waals surface area contributed by atoms with Crippen molar-refractivity contribution < 1.29 is 4.79 Å². The summed E-state index contributed by atoms with van der Waals surface area (Å²) in [6.45, 7) is 0.875. The van der Waals surface area contributed by atoms with Gasteiger partial charge in [-0.15, -0.1) is 0 Å². The molecular weight excluding hydrogens is 212 g/mol. The number of nitrogens with zero attached hydrogens (tertiary/aromatic N) is 1. The van der Waals surface area contributed by atoms with Gasteiger partial charge >= 0.3 is 0 Å². The molecule has 0 saturated heterocycles. The first-order valence-electron chi connectivity index (χ1n) is 5.80. The van der Waals surface area contributed by atoms with Crippen LogP contribution in [0.4, 0.5) is 5.69 Å². The molecule has 3 nitrogen and oxygen atoms in total. The summed E-state index contributed by atoms with van der Waals surface area (Å²) in [4.78, 5) is 12.4. The Balaban J connectivity index is 2.17. The van der Waals surface area contributed by atoms with E-state index in [2.05, 4.69) is 5.32 Å². The molecular formula is C14H14N2O. The van der Waals surface area contributed by atoms with Crippen molar-refractivity contribution in [2.45, 2.75) is 13.0 Å². The number of rotatable bonds is 1. The second kappa shape index (κ2) is 3.77. The van der Waals surface area contributed by atoms with Crippen molar-refractivity contribution in [2.24, 2.45) is 0 Å². The van der Waals surface area contributed by atoms with Gasteiger partial charge in [-0.25, -0.2) is 0 Å². The lowest BCUT2D eigenvalue weighted by Crippen LogP contribution is -2.06. The summed E-state index contributed by atoms with van der Waals surface area (Å²) in [6.07, 6.45) is 2.88. The summed E-state index contributed by atoms with van der Waals surface area (Å²) in [7, 11) is 1.87. The van der Waals surface area contributed by atoms with Crippen LogP contribution >= 0.6 is 0 Å². The number of anilines is 1. The zero-order chi connectivity index (χ0) is 11.8. The van der Waals surface area contributed by atoms with Crippen molar-refractivity contribution in [3.05, 3.63) is 53.3 Å². The third kappa shape index (κ3) is 1.55. The molecule has 2 aromatic rings. The lowest BCUT2D eigenvalue weighted by molar-refractivity contribution is 0.103. The van der Waals surface area contributed by atoms with Crippen LogP contribution in [-0.4, -0.2) is 17.4 Å². The van der Waals surface area contributed by atoms with Gasteiger partial charge in [0.25, 0.3) is 0 Å². The second-order valence-corrected chi connectivity index (χ2v) is 4.29. The Kier molecular flexibility index (Phi) is 2.25. The fraction of sp³-hybridized carbons (Fsp3) is 0.214. The van der Waals surface area contributed by atoms with Crippen LogP contribution in [0.15, 0.2) is 36.5 Å². The molecule has 0 saturated carbocycles. The molecule has 0 fully saturated rings. The standard InChI is InChI=1S/C14H14N2O/c1-15-11-5-4-10-6-8-16-7-2-3-13(16)14(17)12(10)9-11/h2-5,7,9,15H,6,8H2,1H3. The molecule has 0 unspecified atom stereocenters. The highest BCUT2D eigenvalue weighted by molar-refractivity contribution is 6.09. The third-order valence-corrected chi connectivity index (χ3v) is 3.33. The van der Waals surface area contributed by atoms with Gasteiger partial charge in [-0.3, -0.25) is 4.79 Å². The molecule has 86 valence electrons. The lowest BCUT2D eigenvalue weighted by Gasteiger charge is -2.07. The SMILES string of the molecule is CNc1ccc2c(c1)C(=O)c1cccn1CC2. The normalized spacial score (nSPS) is 13.8. The third-order valence-electron chi connectivity index (χ3n) is 3.33. The van der Waals surface area contributed by atoms with Crippen LogP contribution in [0, 0.1) is 0 Å². The molecule has 0 atom stereocenters. The second-order valence-electron chi connectivity index (χ2n) is 4.29. The van der Waals surface area contributed by atoms with Gasteiger partial charge in [0, 0.05) is 31.0 Å². The van der Waals surface area contributed by atoms with Gasteiger partial charge < -0.3 is 9.88 Å². The number of benzene rings is 1. The number of carbonyl (C=O) groups is 1. The van der Waals surface area contributed by atoms with Crippen LogP contribution in [0.3, 0.4) is 0 Å². The van der Waals surface area contributed by atoms with Crippen molar-refractivity contribution in [2.75, 3.05) is 12.4 Å². The minimum Gasteiger partial charge on any atom is -0.388 e. The van der Waals surface area contributed by atoms with Crippen LogP contribution in [-0.2, 0) is 13.0 Å². The van der Waals surface area contributed by atoms with E-state index in [0.29, 0.717) is 0 Å². The molecule has 1 aromatic carbocycles. The molecule has 3 heteroatoms. The Morgan fingerprint density at radius 1 is 1.29 bits per heavy atom. The van der Waals surface area contributed by atoms with Crippen molar-refractivity contribution in [1.82, 2.24) is 4.57 Å². The number of carbonyl (C=O) groups excluding carboxylic acids is 1. The number of aryl methyl sites for hydroxylation is 2. The van der Waals surface area contributed by atoms with E-state index in [4.69, 9.17) is 0 Å². The summed E-state index contributed by atoms with van der Waals surface area (Å²) in [5.41, 5.74) is 3.74. The zero-order valence-corrected chi connectivity index (χ0v) is 9.73. The summed E-state index contributed by atoms with van der Waals surface area (Å²) in [5.74, 6) is 0.125. The maximum atomic E-state index is 12.4. The lowest BCUT2D eigenvalue weighted by atomic mass is 10.00. The summed E-state index contributed by atoms with van der Waals surface area (Å²) in [6, 6.07) is 9.84. The fourth-order valence-corrected chi connectivity index (χ4v) is 2.36. The summed E-state index contributed by atoms with van der Waals surface area (Å²) < 4.78 is 2.03. The van der Waals surface area contributed by atoms with Crippen LogP contribution in [0.5, 0.6) is 0 Å². The van der Waals surface area contributed by atoms with Crippen molar-refractivity contribution in [1.29, 1.82) is 0 Å². The van der Waals surface area contributed by atoms with Gasteiger partial charge in [-0.2, -0.15) is 0 Å². The number of aromatic nitrogens is 1. The molecule has 1 aromatic heterocycles. The number of ketones is 1. The molecule has 1 aliphatic heterocycles. The van der Waals surface area contributed by atoms with E-state index < -0.39 is 0 Å². The van der Waals surface area contributed by atoms with Gasteiger partial charge in [-0.1, -0.05) is 6.07 Å². The van der Waals surface area contributed by atoms with E-state index in [1.165, 1.54) is 0 Å². The molecule has 0 amide bonds. The molecule has 0 bridgehead atoms. The predicted molar refractivity (Wildman–Crippen MR) is 67.6 cm³/mol. The van der Waals surface area contributed by atoms with E-state index >= 15 is 0 Å². The van der Waals surface area contributed by atoms with Gasteiger partial charge in [0.1, 0.15) is 0 Å². The van der Waals surface area contributed by atoms with E-state index in [-0.39, 0.29) is 5.78 Å². The number of fused-ring (bicyclic) bond motifs is 2. The van der Waals surface area contributed by atoms with Crippen LogP contribution < -0.4 is 5.32 Å². The Morgan fingerprint density at radius 2 is 2.18 bits per heavy atom. The Hall–Kier alpha value is -2.03.